The minimum atomic E-state index is -0.186. The molecule has 0 fully saturated rings. The molecular formula is C22H15N3O2. The van der Waals surface area contributed by atoms with E-state index >= 15 is 0 Å². The van der Waals surface area contributed by atoms with Crippen LogP contribution in [0.3, 0.4) is 0 Å². The summed E-state index contributed by atoms with van der Waals surface area (Å²) in [5.74, 6) is 0.676. The highest BCUT2D eigenvalue weighted by atomic mass is 16.3. The lowest BCUT2D eigenvalue weighted by Crippen LogP contribution is -2.22. The number of aromatic nitrogens is 2. The monoisotopic (exact) mass is 353 g/mol. The molecule has 5 nitrogen and oxygen atoms in total. The highest BCUT2D eigenvalue weighted by Crippen LogP contribution is 2.25. The molecule has 5 heteroatoms. The Hall–Kier alpha value is -3.91. The molecule has 4 aromatic rings. The second-order valence-corrected chi connectivity index (χ2v) is 6.03. The molecule has 0 bridgehead atoms. The van der Waals surface area contributed by atoms with E-state index in [1.54, 1.807) is 53.6 Å². The van der Waals surface area contributed by atoms with Gasteiger partial charge in [-0.3, -0.25) is 9.78 Å². The average molecular weight is 353 g/mol. The second-order valence-electron chi connectivity index (χ2n) is 6.03. The smallest absolute Gasteiger partial charge is 0.258 e. The maximum atomic E-state index is 13.1. The molecule has 27 heavy (non-hydrogen) atoms. The fourth-order valence-electron chi connectivity index (χ4n) is 3.01. The topological polar surface area (TPSA) is 71.8 Å². The van der Waals surface area contributed by atoms with Crippen LogP contribution in [0.1, 0.15) is 11.3 Å². The van der Waals surface area contributed by atoms with Gasteiger partial charge in [-0.05, 0) is 36.4 Å². The summed E-state index contributed by atoms with van der Waals surface area (Å²) in [5.41, 5.74) is 2.88. The lowest BCUT2D eigenvalue weighted by Gasteiger charge is -2.12. The van der Waals surface area contributed by atoms with Crippen LogP contribution in [0, 0.1) is 11.3 Å². The van der Waals surface area contributed by atoms with E-state index < -0.39 is 0 Å². The predicted octanol–water partition coefficient (Wildman–Crippen LogP) is 4.09. The molecule has 0 aliphatic heterocycles. The van der Waals surface area contributed by atoms with E-state index in [0.717, 1.165) is 11.3 Å². The molecule has 0 N–H and O–H groups in total. The molecule has 0 saturated carbocycles. The van der Waals surface area contributed by atoms with Crippen LogP contribution < -0.4 is 5.56 Å². The molecule has 0 unspecified atom stereocenters. The van der Waals surface area contributed by atoms with E-state index in [4.69, 9.17) is 4.42 Å². The normalized spacial score (nSPS) is 10.5. The number of furan rings is 1. The second kappa shape index (κ2) is 7.14. The van der Waals surface area contributed by atoms with Gasteiger partial charge in [0.2, 0.25) is 0 Å². The number of benzene rings is 1. The summed E-state index contributed by atoms with van der Waals surface area (Å²) in [7, 11) is 0. The van der Waals surface area contributed by atoms with Crippen molar-refractivity contribution in [1.82, 2.24) is 9.55 Å². The Morgan fingerprint density at radius 2 is 1.89 bits per heavy atom. The van der Waals surface area contributed by atoms with E-state index in [0.29, 0.717) is 29.0 Å². The fraction of sp³-hybridized carbons (Fsp3) is 0.0455. The number of hydrogen-bond donors (Lipinski definition) is 0. The van der Waals surface area contributed by atoms with Crippen molar-refractivity contribution in [2.24, 2.45) is 0 Å². The molecule has 1 aromatic carbocycles. The highest BCUT2D eigenvalue weighted by Gasteiger charge is 2.14. The Bertz CT molecular complexity index is 1170. The van der Waals surface area contributed by atoms with E-state index in [-0.39, 0.29) is 5.56 Å². The third kappa shape index (κ3) is 3.29. The number of pyridine rings is 2. The van der Waals surface area contributed by atoms with E-state index in [1.165, 1.54) is 0 Å². The van der Waals surface area contributed by atoms with Crippen LogP contribution in [0.2, 0.25) is 0 Å². The molecule has 0 aliphatic rings. The van der Waals surface area contributed by atoms with Gasteiger partial charge in [-0.25, -0.2) is 0 Å². The Labute approximate surface area is 155 Å². The molecule has 0 saturated heterocycles. The molecular weight excluding hydrogens is 338 g/mol. The number of nitrogens with zero attached hydrogens (tertiary/aromatic N) is 3. The van der Waals surface area contributed by atoms with Gasteiger partial charge in [0, 0.05) is 29.1 Å². The van der Waals surface area contributed by atoms with Crippen molar-refractivity contribution in [2.75, 3.05) is 0 Å². The third-order valence-electron chi connectivity index (χ3n) is 4.29. The zero-order chi connectivity index (χ0) is 18.6. The molecule has 130 valence electrons. The zero-order valence-corrected chi connectivity index (χ0v) is 14.4. The van der Waals surface area contributed by atoms with Gasteiger partial charge in [-0.1, -0.05) is 24.3 Å². The van der Waals surface area contributed by atoms with Crippen LogP contribution in [0.4, 0.5) is 0 Å². The summed E-state index contributed by atoms with van der Waals surface area (Å²) in [6.45, 7) is 0.300. The molecule has 0 radical (unpaired) electrons. The minimum absolute atomic E-state index is 0.186. The molecule has 3 aromatic heterocycles. The van der Waals surface area contributed by atoms with Crippen molar-refractivity contribution in [3.63, 3.8) is 0 Å². The largest absolute Gasteiger partial charge is 0.467 e. The van der Waals surface area contributed by atoms with Gasteiger partial charge in [0.15, 0.2) is 0 Å². The minimum Gasteiger partial charge on any atom is -0.467 e. The van der Waals surface area contributed by atoms with E-state index in [1.807, 2.05) is 30.3 Å². The van der Waals surface area contributed by atoms with Crippen LogP contribution in [-0.4, -0.2) is 9.55 Å². The molecule has 0 aliphatic carbocycles. The Kier molecular flexibility index (Phi) is 4.38. The molecule has 0 atom stereocenters. The van der Waals surface area contributed by atoms with Crippen LogP contribution in [0.5, 0.6) is 0 Å². The number of rotatable bonds is 4. The SMILES string of the molecule is N#Cc1ccccc1-c1cc(-c2ccccn2)cn(Cc2ccco2)c1=O. The highest BCUT2D eigenvalue weighted by molar-refractivity contribution is 5.74. The first-order valence-corrected chi connectivity index (χ1v) is 8.44. The quantitative estimate of drug-likeness (QED) is 0.554. The van der Waals surface area contributed by atoms with Crippen LogP contribution in [0.15, 0.2) is 88.5 Å². The first-order valence-electron chi connectivity index (χ1n) is 8.44. The van der Waals surface area contributed by atoms with E-state index in [2.05, 4.69) is 11.1 Å². The van der Waals surface area contributed by atoms with Crippen LogP contribution in [0.25, 0.3) is 22.4 Å². The van der Waals surface area contributed by atoms with Crippen molar-refractivity contribution in [1.29, 1.82) is 5.26 Å². The first kappa shape index (κ1) is 16.6. The van der Waals surface area contributed by atoms with Gasteiger partial charge in [0.05, 0.1) is 30.1 Å². The summed E-state index contributed by atoms with van der Waals surface area (Å²) >= 11 is 0. The van der Waals surface area contributed by atoms with Gasteiger partial charge < -0.3 is 8.98 Å². The van der Waals surface area contributed by atoms with Crippen molar-refractivity contribution in [3.8, 4) is 28.5 Å². The molecule has 0 spiro atoms. The zero-order valence-electron chi connectivity index (χ0n) is 14.4. The molecule has 4 rings (SSSR count). The lowest BCUT2D eigenvalue weighted by molar-refractivity contribution is 0.490. The summed E-state index contributed by atoms with van der Waals surface area (Å²) in [4.78, 5) is 17.5. The van der Waals surface area contributed by atoms with Crippen molar-refractivity contribution in [2.45, 2.75) is 6.54 Å². The van der Waals surface area contributed by atoms with Crippen molar-refractivity contribution >= 4 is 0 Å². The van der Waals surface area contributed by atoms with Crippen molar-refractivity contribution < 1.29 is 4.42 Å². The number of hydrogen-bond acceptors (Lipinski definition) is 4. The maximum Gasteiger partial charge on any atom is 0.258 e. The third-order valence-corrected chi connectivity index (χ3v) is 4.29. The van der Waals surface area contributed by atoms with Gasteiger partial charge >= 0.3 is 0 Å². The van der Waals surface area contributed by atoms with Gasteiger partial charge in [-0.2, -0.15) is 5.26 Å². The lowest BCUT2D eigenvalue weighted by atomic mass is 9.99. The van der Waals surface area contributed by atoms with E-state index in [9.17, 15) is 10.1 Å². The van der Waals surface area contributed by atoms with Crippen LogP contribution >= 0.6 is 0 Å². The van der Waals surface area contributed by atoms with Crippen molar-refractivity contribution in [3.05, 3.63) is 101 Å². The standard InChI is InChI=1S/C22H15N3O2/c23-13-16-6-1-2-8-19(16)20-12-17(21-9-3-4-10-24-21)14-25(22(20)26)15-18-7-5-11-27-18/h1-12,14H,15H2. The summed E-state index contributed by atoms with van der Waals surface area (Å²) in [5, 5.41) is 9.45. The number of nitriles is 1. The molecule has 0 amide bonds. The summed E-state index contributed by atoms with van der Waals surface area (Å²) in [6.07, 6.45) is 5.06. The fourth-order valence-corrected chi connectivity index (χ4v) is 3.01. The molecule has 3 heterocycles. The Balaban J connectivity index is 1.95. The maximum absolute atomic E-state index is 13.1. The average Bonchev–Trinajstić information content (AvgIpc) is 3.23. The summed E-state index contributed by atoms with van der Waals surface area (Å²) in [6, 6.07) is 20.3. The Morgan fingerprint density at radius 1 is 1.04 bits per heavy atom. The van der Waals surface area contributed by atoms with Gasteiger partial charge in [0.25, 0.3) is 5.56 Å². The van der Waals surface area contributed by atoms with Crippen LogP contribution in [-0.2, 0) is 6.54 Å². The predicted molar refractivity (Wildman–Crippen MR) is 102 cm³/mol. The Morgan fingerprint density at radius 3 is 2.63 bits per heavy atom. The van der Waals surface area contributed by atoms with Gasteiger partial charge in [-0.15, -0.1) is 0 Å². The van der Waals surface area contributed by atoms with Gasteiger partial charge in [0.1, 0.15) is 5.76 Å². The summed E-state index contributed by atoms with van der Waals surface area (Å²) < 4.78 is 6.99. The first-order chi connectivity index (χ1) is 13.3.